The van der Waals surface area contributed by atoms with Gasteiger partial charge in [0.25, 0.3) is 0 Å². The van der Waals surface area contributed by atoms with Gasteiger partial charge in [-0.2, -0.15) is 0 Å². The van der Waals surface area contributed by atoms with Gasteiger partial charge in [-0.25, -0.2) is 0 Å². The molecule has 0 nitrogen and oxygen atoms in total. The summed E-state index contributed by atoms with van der Waals surface area (Å²) in [5.74, 6) is 0. The summed E-state index contributed by atoms with van der Waals surface area (Å²) < 4.78 is 0. The first-order valence-corrected chi connectivity index (χ1v) is 5.10. The van der Waals surface area contributed by atoms with Crippen LogP contribution in [-0.2, 0) is 0 Å². The smallest absolute Gasteiger partial charge is 1.00 e. The van der Waals surface area contributed by atoms with Crippen LogP contribution in [0.15, 0.2) is 0 Å². The van der Waals surface area contributed by atoms with Crippen LogP contribution < -0.4 is 0 Å². The van der Waals surface area contributed by atoms with Crippen LogP contribution in [0.2, 0.25) is 0 Å². The van der Waals surface area contributed by atoms with Crippen molar-refractivity contribution >= 4 is 39.0 Å². The first kappa shape index (κ1) is 13.8. The molecule has 0 amide bonds. The number of hydrogen-bond acceptors (Lipinski definition) is 0. The third-order valence-corrected chi connectivity index (χ3v) is 2.05. The van der Waals surface area contributed by atoms with Gasteiger partial charge in [-0.1, -0.05) is 55.0 Å². The summed E-state index contributed by atoms with van der Waals surface area (Å²) in [7, 11) is 0. The van der Waals surface area contributed by atoms with Crippen molar-refractivity contribution < 1.29 is 2.85 Å². The van der Waals surface area contributed by atoms with Crippen molar-refractivity contribution in [3.63, 3.8) is 0 Å². The summed E-state index contributed by atoms with van der Waals surface area (Å²) in [6, 6.07) is 0. The van der Waals surface area contributed by atoms with E-state index >= 15 is 0 Å². The number of unbranched alkanes of at least 4 members (excludes halogenated alkanes) is 5. The van der Waals surface area contributed by atoms with E-state index in [1.807, 2.05) is 0 Å². The summed E-state index contributed by atoms with van der Waals surface area (Å²) >= 11 is 3.42. The fourth-order valence-corrected chi connectivity index (χ4v) is 1.27. The molecule has 0 N–H and O–H groups in total. The largest absolute Gasteiger partial charge is 2.00 e. The van der Waals surface area contributed by atoms with Crippen LogP contribution in [0.5, 0.6) is 0 Å². The maximum atomic E-state index is 3.42. The fourth-order valence-electron chi connectivity index (χ4n) is 0.875. The number of halogens is 1. The molecule has 0 aromatic rings. The second kappa shape index (κ2) is 12.9. The number of hydrogen-bond donors (Lipinski definition) is 0. The normalized spacial score (nSPS) is 9.00. The Hall–Kier alpha value is 1.25. The molecule has 0 bridgehead atoms. The Morgan fingerprint density at radius 1 is 1.00 bits per heavy atom. The number of alkyl halides is 1. The van der Waals surface area contributed by atoms with E-state index in [1.165, 1.54) is 43.9 Å². The van der Waals surface area contributed by atoms with Crippen molar-refractivity contribution in [1.82, 2.24) is 0 Å². The number of rotatable bonds is 6. The van der Waals surface area contributed by atoms with E-state index in [0.29, 0.717) is 0 Å². The van der Waals surface area contributed by atoms with Crippen molar-refractivity contribution in [1.29, 1.82) is 0 Å². The molecule has 0 rings (SSSR count). The predicted molar refractivity (Wildman–Crippen MR) is 55.1 cm³/mol. The Morgan fingerprint density at radius 3 is 2.00 bits per heavy atom. The summed E-state index contributed by atoms with van der Waals surface area (Å²) in [5, 5.41) is 1.18. The Bertz CT molecular complexity index is 50.3. The first-order chi connectivity index (χ1) is 4.41. The molecular weight excluding hydrogens is 200 g/mol. The quantitative estimate of drug-likeness (QED) is 0.364. The van der Waals surface area contributed by atoms with E-state index in [0.717, 1.165) is 0 Å². The van der Waals surface area contributed by atoms with E-state index in [-0.39, 0.29) is 25.9 Å². The van der Waals surface area contributed by atoms with Gasteiger partial charge in [0.2, 0.25) is 0 Å². The summed E-state index contributed by atoms with van der Waals surface area (Å²) in [4.78, 5) is 0. The minimum atomic E-state index is 0. The Kier molecular flexibility index (Phi) is 17.8. The average molecular weight is 219 g/mol. The van der Waals surface area contributed by atoms with Crippen LogP contribution >= 0.6 is 15.9 Å². The maximum Gasteiger partial charge on any atom is 2.00 e. The van der Waals surface area contributed by atoms with Gasteiger partial charge >= 0.3 is 23.1 Å². The monoisotopic (exact) mass is 218 g/mol. The Labute approximate surface area is 92.4 Å². The van der Waals surface area contributed by atoms with Crippen LogP contribution in [0.3, 0.4) is 0 Å². The molecule has 0 aliphatic carbocycles. The molecule has 0 radical (unpaired) electrons. The zero-order valence-corrected chi connectivity index (χ0v) is 10.0. The summed E-state index contributed by atoms with van der Waals surface area (Å²) in [6.07, 6.45) is 8.40. The molecule has 10 heavy (non-hydrogen) atoms. The zero-order chi connectivity index (χ0) is 6.95. The molecule has 0 atom stereocenters. The van der Waals surface area contributed by atoms with Crippen molar-refractivity contribution in [2.75, 3.05) is 5.33 Å². The molecule has 0 heterocycles. The third kappa shape index (κ3) is 12.0. The predicted octanol–water partition coefficient (Wildman–Crippen LogP) is 3.59. The molecule has 0 saturated carbocycles. The molecular formula is C8H19BrMg. The van der Waals surface area contributed by atoms with Crippen LogP contribution in [-0.4, -0.2) is 28.4 Å². The van der Waals surface area contributed by atoms with Gasteiger partial charge in [-0.15, -0.1) is 0 Å². The Morgan fingerprint density at radius 2 is 1.50 bits per heavy atom. The van der Waals surface area contributed by atoms with Crippen LogP contribution in [0.4, 0.5) is 0 Å². The van der Waals surface area contributed by atoms with E-state index in [2.05, 4.69) is 22.9 Å². The summed E-state index contributed by atoms with van der Waals surface area (Å²) in [5.41, 5.74) is 0. The van der Waals surface area contributed by atoms with Crippen molar-refractivity contribution in [2.45, 2.75) is 45.4 Å². The van der Waals surface area contributed by atoms with Gasteiger partial charge in [-0.3, -0.25) is 0 Å². The third-order valence-electron chi connectivity index (χ3n) is 1.49. The fraction of sp³-hybridized carbons (Fsp3) is 1.00. The molecule has 0 aliphatic heterocycles. The van der Waals surface area contributed by atoms with E-state index < -0.39 is 0 Å². The van der Waals surface area contributed by atoms with Gasteiger partial charge in [0.15, 0.2) is 0 Å². The van der Waals surface area contributed by atoms with Crippen molar-refractivity contribution in [2.24, 2.45) is 0 Å². The molecule has 0 fully saturated rings. The van der Waals surface area contributed by atoms with E-state index in [1.54, 1.807) is 0 Å². The molecule has 0 spiro atoms. The van der Waals surface area contributed by atoms with Gasteiger partial charge in [0.05, 0.1) is 0 Å². The minimum Gasteiger partial charge on any atom is -1.00 e. The molecule has 0 aromatic heterocycles. The maximum absolute atomic E-state index is 3.42. The zero-order valence-electron chi connectivity index (χ0n) is 9.03. The standard InChI is InChI=1S/C8H17Br.Mg.2H/c1-2-3-4-5-6-7-8-9;;;/h2-8H2,1H3;;;/q;+2;2*-1. The minimum absolute atomic E-state index is 0. The molecule has 0 aliphatic rings. The molecule has 60 valence electrons. The van der Waals surface area contributed by atoms with Crippen molar-refractivity contribution in [3.8, 4) is 0 Å². The molecule has 2 heteroatoms. The second-order valence-corrected chi connectivity index (χ2v) is 3.25. The van der Waals surface area contributed by atoms with Crippen LogP contribution in [0.1, 0.15) is 48.3 Å². The van der Waals surface area contributed by atoms with Gasteiger partial charge < -0.3 is 2.85 Å². The van der Waals surface area contributed by atoms with Crippen LogP contribution in [0.25, 0.3) is 0 Å². The average Bonchev–Trinajstić information content (AvgIpc) is 1.89. The molecule has 0 unspecified atom stereocenters. The van der Waals surface area contributed by atoms with Gasteiger partial charge in [0, 0.05) is 5.33 Å². The topological polar surface area (TPSA) is 0 Å². The van der Waals surface area contributed by atoms with Crippen LogP contribution in [0, 0.1) is 0 Å². The van der Waals surface area contributed by atoms with Gasteiger partial charge in [-0.05, 0) is 6.42 Å². The first-order valence-electron chi connectivity index (χ1n) is 3.97. The van der Waals surface area contributed by atoms with E-state index in [9.17, 15) is 0 Å². The SMILES string of the molecule is CCCCCCCCBr.[H-].[H-].[Mg+2]. The molecule has 0 saturated heterocycles. The molecule has 0 aromatic carbocycles. The summed E-state index contributed by atoms with van der Waals surface area (Å²) in [6.45, 7) is 2.25. The van der Waals surface area contributed by atoms with E-state index in [4.69, 9.17) is 0 Å². The van der Waals surface area contributed by atoms with Crippen molar-refractivity contribution in [3.05, 3.63) is 0 Å². The Balaban J connectivity index is -0.000000107. The second-order valence-electron chi connectivity index (χ2n) is 2.46. The van der Waals surface area contributed by atoms with Gasteiger partial charge in [0.1, 0.15) is 0 Å².